The Kier molecular flexibility index (Phi) is 4.10. The second kappa shape index (κ2) is 6.36. The van der Waals surface area contributed by atoms with Crippen LogP contribution in [-0.4, -0.2) is 22.9 Å². The lowest BCUT2D eigenvalue weighted by molar-refractivity contribution is -0.304. The van der Waals surface area contributed by atoms with Crippen LogP contribution in [0.1, 0.15) is 5.56 Å². The van der Waals surface area contributed by atoms with Gasteiger partial charge in [0, 0.05) is 29.7 Å². The van der Waals surface area contributed by atoms with Crippen molar-refractivity contribution in [3.63, 3.8) is 0 Å². The normalized spacial score (nSPS) is 10.5. The first-order valence-corrected chi connectivity index (χ1v) is 7.15. The molecule has 1 aromatic heterocycles. The van der Waals surface area contributed by atoms with Gasteiger partial charge in [-0.25, -0.2) is 4.68 Å². The van der Waals surface area contributed by atoms with E-state index in [4.69, 9.17) is 4.74 Å². The number of carboxylic acid groups (broad SMARTS) is 1. The number of benzene rings is 2. The number of carbonyl (C=O) groups excluding carboxylic acids is 1. The van der Waals surface area contributed by atoms with Gasteiger partial charge in [-0.1, -0.05) is 18.2 Å². The van der Waals surface area contributed by atoms with Crippen molar-refractivity contribution in [2.45, 2.75) is 6.42 Å². The fourth-order valence-electron chi connectivity index (χ4n) is 2.40. The van der Waals surface area contributed by atoms with Crippen LogP contribution in [0, 0.1) is 0 Å². The van der Waals surface area contributed by atoms with E-state index in [1.165, 1.54) is 0 Å². The summed E-state index contributed by atoms with van der Waals surface area (Å²) in [7, 11) is 1.60. The van der Waals surface area contributed by atoms with E-state index < -0.39 is 5.97 Å². The number of carbonyl (C=O) groups is 1. The molecule has 0 aliphatic carbocycles. The summed E-state index contributed by atoms with van der Waals surface area (Å²) in [5, 5.41) is 15.6. The van der Waals surface area contributed by atoms with Gasteiger partial charge in [0.15, 0.2) is 0 Å². The molecule has 0 radical (unpaired) electrons. The number of nitrogens with zero attached hydrogens (tertiary/aromatic N) is 2. The van der Waals surface area contributed by atoms with E-state index in [2.05, 4.69) is 5.10 Å². The number of para-hydroxylation sites is 1. The molecule has 5 nitrogen and oxygen atoms in total. The molecule has 0 saturated carbocycles. The number of rotatable bonds is 5. The van der Waals surface area contributed by atoms with Crippen LogP contribution in [0.4, 0.5) is 0 Å². The molecule has 5 heteroatoms. The van der Waals surface area contributed by atoms with E-state index >= 15 is 0 Å². The first kappa shape index (κ1) is 14.8. The number of ether oxygens (including phenoxy) is 1. The predicted molar refractivity (Wildman–Crippen MR) is 84.3 cm³/mol. The van der Waals surface area contributed by atoms with E-state index in [9.17, 15) is 9.90 Å². The summed E-state index contributed by atoms with van der Waals surface area (Å²) < 4.78 is 6.82. The summed E-state index contributed by atoms with van der Waals surface area (Å²) in [6, 6.07) is 16.9. The third-order valence-corrected chi connectivity index (χ3v) is 3.51. The Bertz CT molecular complexity index is 808. The van der Waals surface area contributed by atoms with Crippen LogP contribution in [0.15, 0.2) is 60.8 Å². The topological polar surface area (TPSA) is 67.2 Å². The van der Waals surface area contributed by atoms with E-state index in [-0.39, 0.29) is 6.42 Å². The average molecular weight is 307 g/mol. The summed E-state index contributed by atoms with van der Waals surface area (Å²) in [4.78, 5) is 11.0. The third-order valence-electron chi connectivity index (χ3n) is 3.51. The fourth-order valence-corrected chi connectivity index (χ4v) is 2.40. The van der Waals surface area contributed by atoms with Crippen LogP contribution < -0.4 is 9.84 Å². The van der Waals surface area contributed by atoms with Gasteiger partial charge in [-0.15, -0.1) is 0 Å². The molecule has 0 saturated heterocycles. The maximum atomic E-state index is 11.0. The molecule has 0 bridgehead atoms. The van der Waals surface area contributed by atoms with Gasteiger partial charge in [-0.3, -0.25) is 0 Å². The summed E-state index contributed by atoms with van der Waals surface area (Å²) in [6.45, 7) is 0. The second-order valence-corrected chi connectivity index (χ2v) is 5.06. The van der Waals surface area contributed by atoms with Crippen molar-refractivity contribution in [3.05, 3.63) is 66.4 Å². The Morgan fingerprint density at radius 2 is 1.83 bits per heavy atom. The van der Waals surface area contributed by atoms with Crippen LogP contribution in [-0.2, 0) is 11.2 Å². The van der Waals surface area contributed by atoms with Gasteiger partial charge in [-0.05, 0) is 36.4 Å². The zero-order valence-electron chi connectivity index (χ0n) is 12.6. The molecule has 0 atom stereocenters. The molecule has 0 N–H and O–H groups in total. The maximum Gasteiger partial charge on any atom is 0.118 e. The highest BCUT2D eigenvalue weighted by atomic mass is 16.5. The van der Waals surface area contributed by atoms with Gasteiger partial charge in [0.1, 0.15) is 5.75 Å². The average Bonchev–Trinajstić information content (AvgIpc) is 2.99. The zero-order valence-corrected chi connectivity index (χ0v) is 12.6. The van der Waals surface area contributed by atoms with E-state index in [1.807, 2.05) is 54.6 Å². The molecule has 3 aromatic rings. The highest BCUT2D eigenvalue weighted by molar-refractivity contribution is 5.73. The lowest BCUT2D eigenvalue weighted by atomic mass is 10.1. The third kappa shape index (κ3) is 3.23. The Labute approximate surface area is 133 Å². The van der Waals surface area contributed by atoms with Gasteiger partial charge < -0.3 is 14.6 Å². The molecule has 1 heterocycles. The Balaban J connectivity index is 2.06. The lowest BCUT2D eigenvalue weighted by Crippen LogP contribution is -2.24. The molecule has 116 valence electrons. The van der Waals surface area contributed by atoms with Crippen LogP contribution in [0.2, 0.25) is 0 Å². The molecule has 3 rings (SSSR count). The van der Waals surface area contributed by atoms with Crippen molar-refractivity contribution in [2.24, 2.45) is 0 Å². The standard InChI is InChI=1S/C18H16N2O3/c1-23-16-9-7-13(8-10-16)18-14(11-17(21)22)12-20(19-18)15-5-3-2-4-6-15/h2-10,12H,11H2,1H3,(H,21,22)/p-1. The maximum absolute atomic E-state index is 11.0. The summed E-state index contributed by atoms with van der Waals surface area (Å²) >= 11 is 0. The van der Waals surface area contributed by atoms with Crippen LogP contribution >= 0.6 is 0 Å². The zero-order chi connectivity index (χ0) is 16.2. The van der Waals surface area contributed by atoms with Gasteiger partial charge in [-0.2, -0.15) is 5.10 Å². The quantitative estimate of drug-likeness (QED) is 0.721. The van der Waals surface area contributed by atoms with Crippen LogP contribution in [0.3, 0.4) is 0 Å². The van der Waals surface area contributed by atoms with E-state index in [1.54, 1.807) is 18.0 Å². The lowest BCUT2D eigenvalue weighted by Gasteiger charge is -2.04. The first-order chi connectivity index (χ1) is 11.2. The van der Waals surface area contributed by atoms with E-state index in [0.717, 1.165) is 17.0 Å². The van der Waals surface area contributed by atoms with Crippen molar-refractivity contribution in [1.82, 2.24) is 9.78 Å². The van der Waals surface area contributed by atoms with E-state index in [0.29, 0.717) is 11.3 Å². The molecule has 0 amide bonds. The molecule has 2 aromatic carbocycles. The van der Waals surface area contributed by atoms with Crippen molar-refractivity contribution < 1.29 is 14.6 Å². The molecular formula is C18H15N2O3-. The molecule has 23 heavy (non-hydrogen) atoms. The van der Waals surface area contributed by atoms with Crippen LogP contribution in [0.5, 0.6) is 5.75 Å². The number of carboxylic acids is 1. The van der Waals surface area contributed by atoms with Crippen molar-refractivity contribution in [1.29, 1.82) is 0 Å². The highest BCUT2D eigenvalue weighted by Gasteiger charge is 2.12. The number of hydrogen-bond acceptors (Lipinski definition) is 4. The van der Waals surface area contributed by atoms with Crippen molar-refractivity contribution in [2.75, 3.05) is 7.11 Å². The summed E-state index contributed by atoms with van der Waals surface area (Å²) in [5.41, 5.74) is 2.93. The molecule has 0 spiro atoms. The Morgan fingerprint density at radius 1 is 1.13 bits per heavy atom. The van der Waals surface area contributed by atoms with Gasteiger partial charge in [0.2, 0.25) is 0 Å². The second-order valence-electron chi connectivity index (χ2n) is 5.06. The van der Waals surface area contributed by atoms with Crippen LogP contribution in [0.25, 0.3) is 16.9 Å². The monoisotopic (exact) mass is 307 g/mol. The summed E-state index contributed by atoms with van der Waals surface area (Å²) in [5.74, 6) is -0.398. The Morgan fingerprint density at radius 3 is 2.43 bits per heavy atom. The van der Waals surface area contributed by atoms with Gasteiger partial charge in [0.25, 0.3) is 0 Å². The molecule has 0 aliphatic rings. The van der Waals surface area contributed by atoms with Gasteiger partial charge in [0.05, 0.1) is 18.5 Å². The smallest absolute Gasteiger partial charge is 0.118 e. The Hall–Kier alpha value is -3.08. The SMILES string of the molecule is COc1ccc(-c2nn(-c3ccccc3)cc2CC(=O)[O-])cc1. The highest BCUT2D eigenvalue weighted by Crippen LogP contribution is 2.26. The predicted octanol–water partition coefficient (Wildman–Crippen LogP) is 1.84. The number of hydrogen-bond donors (Lipinski definition) is 0. The fraction of sp³-hybridized carbons (Fsp3) is 0.111. The molecular weight excluding hydrogens is 292 g/mol. The molecule has 0 fully saturated rings. The van der Waals surface area contributed by atoms with Crippen molar-refractivity contribution >= 4 is 5.97 Å². The first-order valence-electron chi connectivity index (χ1n) is 7.15. The minimum absolute atomic E-state index is 0.186. The minimum atomic E-state index is -1.13. The molecule has 0 unspecified atom stereocenters. The largest absolute Gasteiger partial charge is 0.550 e. The number of aliphatic carboxylic acids is 1. The van der Waals surface area contributed by atoms with Gasteiger partial charge >= 0.3 is 0 Å². The molecule has 0 aliphatic heterocycles. The summed E-state index contributed by atoms with van der Waals surface area (Å²) in [6.07, 6.45) is 1.54. The number of methoxy groups -OCH3 is 1. The minimum Gasteiger partial charge on any atom is -0.550 e. The number of aromatic nitrogens is 2. The van der Waals surface area contributed by atoms with Crippen molar-refractivity contribution in [3.8, 4) is 22.7 Å².